The average molecular weight is 446 g/mol. The zero-order valence-electron chi connectivity index (χ0n) is 16.1. The fourth-order valence-electron chi connectivity index (χ4n) is 3.27. The van der Waals surface area contributed by atoms with Crippen molar-refractivity contribution in [1.82, 2.24) is 24.7 Å². The van der Waals surface area contributed by atoms with E-state index in [0.29, 0.717) is 5.39 Å². The lowest BCUT2D eigenvalue weighted by atomic mass is 10.1. The van der Waals surface area contributed by atoms with Crippen LogP contribution in [0.2, 0.25) is 0 Å². The lowest BCUT2D eigenvalue weighted by molar-refractivity contribution is -0.141. The van der Waals surface area contributed by atoms with Gasteiger partial charge in [0.15, 0.2) is 27.0 Å². The number of rotatable bonds is 3. The summed E-state index contributed by atoms with van der Waals surface area (Å²) in [5.74, 6) is -0.237. The summed E-state index contributed by atoms with van der Waals surface area (Å²) in [5, 5.41) is 16.8. The molecule has 31 heavy (non-hydrogen) atoms. The van der Waals surface area contributed by atoms with Gasteiger partial charge in [0, 0.05) is 30.1 Å². The van der Waals surface area contributed by atoms with Crippen molar-refractivity contribution in [2.45, 2.75) is 18.0 Å². The van der Waals surface area contributed by atoms with E-state index >= 15 is 0 Å². The Hall–Kier alpha value is -3.59. The second kappa shape index (κ2) is 6.98. The van der Waals surface area contributed by atoms with Gasteiger partial charge in [-0.05, 0) is 6.07 Å². The van der Waals surface area contributed by atoms with E-state index in [4.69, 9.17) is 0 Å². The lowest BCUT2D eigenvalue weighted by Crippen LogP contribution is -2.10. The molecule has 0 N–H and O–H groups in total. The van der Waals surface area contributed by atoms with Gasteiger partial charge in [0.25, 0.3) is 0 Å². The van der Waals surface area contributed by atoms with Gasteiger partial charge in [0.1, 0.15) is 16.1 Å². The largest absolute Gasteiger partial charge is 0.435 e. The number of halogens is 3. The molecule has 0 spiro atoms. The molecule has 0 atom stereocenters. The molecule has 0 unspecified atom stereocenters. The first kappa shape index (κ1) is 20.7. The predicted molar refractivity (Wildman–Crippen MR) is 104 cm³/mol. The SMILES string of the molecule is CCS(=O)(=O)c1c(-c2nc3cc(C(F)(F)F)nnc3n2C)ncc2c(C#N)cccc12. The summed E-state index contributed by atoms with van der Waals surface area (Å²) in [6, 6.07) is 7.38. The molecular formula is C19H13F3N6O2S. The Labute approximate surface area is 173 Å². The molecular weight excluding hydrogens is 433 g/mol. The molecule has 0 bridgehead atoms. The fraction of sp³-hybridized carbons (Fsp3) is 0.211. The summed E-state index contributed by atoms with van der Waals surface area (Å²) in [6.45, 7) is 1.46. The number of imidazole rings is 1. The number of alkyl halides is 3. The second-order valence-corrected chi connectivity index (χ2v) is 8.86. The second-order valence-electron chi connectivity index (χ2n) is 6.65. The van der Waals surface area contributed by atoms with E-state index in [2.05, 4.69) is 20.2 Å². The van der Waals surface area contributed by atoms with Gasteiger partial charge < -0.3 is 4.57 Å². The Morgan fingerprint density at radius 1 is 1.19 bits per heavy atom. The molecule has 8 nitrogen and oxygen atoms in total. The number of nitriles is 1. The monoisotopic (exact) mass is 446 g/mol. The molecule has 0 radical (unpaired) electrons. The van der Waals surface area contributed by atoms with Crippen molar-refractivity contribution < 1.29 is 21.6 Å². The number of aryl methyl sites for hydroxylation is 1. The highest BCUT2D eigenvalue weighted by atomic mass is 32.2. The molecule has 0 fully saturated rings. The molecule has 0 saturated carbocycles. The highest BCUT2D eigenvalue weighted by Gasteiger charge is 2.34. The van der Waals surface area contributed by atoms with Crippen molar-refractivity contribution in [3.63, 3.8) is 0 Å². The van der Waals surface area contributed by atoms with Gasteiger partial charge in [-0.25, -0.2) is 13.4 Å². The van der Waals surface area contributed by atoms with Crippen LogP contribution in [-0.2, 0) is 23.1 Å². The summed E-state index contributed by atoms with van der Waals surface area (Å²) in [6.07, 6.45) is -3.35. The molecule has 0 aliphatic rings. The summed E-state index contributed by atoms with van der Waals surface area (Å²) < 4.78 is 66.3. The van der Waals surface area contributed by atoms with E-state index < -0.39 is 21.7 Å². The van der Waals surface area contributed by atoms with Crippen LogP contribution in [0.3, 0.4) is 0 Å². The Morgan fingerprint density at radius 3 is 2.58 bits per heavy atom. The molecule has 12 heteroatoms. The van der Waals surface area contributed by atoms with Gasteiger partial charge in [-0.15, -0.1) is 10.2 Å². The number of nitrogens with zero attached hydrogens (tertiary/aromatic N) is 6. The molecule has 158 valence electrons. The number of hydrogen-bond acceptors (Lipinski definition) is 7. The quantitative estimate of drug-likeness (QED) is 0.474. The Morgan fingerprint density at radius 2 is 1.94 bits per heavy atom. The smallest absolute Gasteiger partial charge is 0.309 e. The van der Waals surface area contributed by atoms with Crippen LogP contribution >= 0.6 is 0 Å². The summed E-state index contributed by atoms with van der Waals surface area (Å²) in [5.41, 5.74) is -1.08. The minimum absolute atomic E-state index is 0.0138. The zero-order valence-corrected chi connectivity index (χ0v) is 17.0. The molecule has 3 heterocycles. The highest BCUT2D eigenvalue weighted by Crippen LogP contribution is 2.35. The van der Waals surface area contributed by atoms with Gasteiger partial charge >= 0.3 is 6.18 Å². The first-order valence-electron chi connectivity index (χ1n) is 8.90. The zero-order chi connectivity index (χ0) is 22.6. The van der Waals surface area contributed by atoms with Crippen LogP contribution in [0.4, 0.5) is 13.2 Å². The van der Waals surface area contributed by atoms with E-state index in [1.807, 2.05) is 6.07 Å². The van der Waals surface area contributed by atoms with Crippen LogP contribution in [-0.4, -0.2) is 38.9 Å². The first-order valence-corrected chi connectivity index (χ1v) is 10.6. The standard InChI is InChI=1S/C19H13F3N6O2S/c1-3-31(29,30)16-11-6-4-5-10(8-23)12(11)9-24-15(16)18-25-13-7-14(19(20,21)22)26-27-17(13)28(18)2/h4-7,9H,3H2,1-2H3. The maximum absolute atomic E-state index is 13.0. The van der Waals surface area contributed by atoms with Crippen LogP contribution < -0.4 is 0 Å². The average Bonchev–Trinajstić information content (AvgIpc) is 3.07. The molecule has 1 aromatic carbocycles. The number of fused-ring (bicyclic) bond motifs is 2. The number of benzene rings is 1. The molecule has 4 rings (SSSR count). The number of hydrogen-bond donors (Lipinski definition) is 0. The van der Waals surface area contributed by atoms with Crippen LogP contribution in [0.25, 0.3) is 33.5 Å². The first-order chi connectivity index (χ1) is 14.6. The predicted octanol–water partition coefficient (Wildman–Crippen LogP) is 3.26. The molecule has 4 aromatic rings. The highest BCUT2D eigenvalue weighted by molar-refractivity contribution is 7.91. The Kier molecular flexibility index (Phi) is 4.66. The van der Waals surface area contributed by atoms with E-state index in [9.17, 15) is 26.9 Å². The van der Waals surface area contributed by atoms with Crippen molar-refractivity contribution in [3.05, 3.63) is 41.7 Å². The minimum atomic E-state index is -4.70. The molecule has 0 saturated heterocycles. The third kappa shape index (κ3) is 3.27. The van der Waals surface area contributed by atoms with E-state index in [0.717, 1.165) is 6.07 Å². The number of pyridine rings is 1. The van der Waals surface area contributed by atoms with Gasteiger partial charge in [0.2, 0.25) is 0 Å². The van der Waals surface area contributed by atoms with Gasteiger partial charge in [-0.2, -0.15) is 18.4 Å². The normalized spacial score (nSPS) is 12.4. The lowest BCUT2D eigenvalue weighted by Gasteiger charge is -2.12. The van der Waals surface area contributed by atoms with Gasteiger partial charge in [-0.1, -0.05) is 19.1 Å². The summed E-state index contributed by atoms with van der Waals surface area (Å²) >= 11 is 0. The minimum Gasteiger partial charge on any atom is -0.309 e. The third-order valence-electron chi connectivity index (χ3n) is 4.82. The van der Waals surface area contributed by atoms with Crippen molar-refractivity contribution >= 4 is 31.8 Å². The van der Waals surface area contributed by atoms with E-state index in [1.54, 1.807) is 12.1 Å². The molecule has 0 aliphatic carbocycles. The number of sulfone groups is 1. The van der Waals surface area contributed by atoms with Crippen LogP contribution in [0.15, 0.2) is 35.4 Å². The molecule has 0 aliphatic heterocycles. The maximum atomic E-state index is 13.0. The van der Waals surface area contributed by atoms with Crippen LogP contribution in [0.1, 0.15) is 18.2 Å². The van der Waals surface area contributed by atoms with Crippen LogP contribution in [0.5, 0.6) is 0 Å². The third-order valence-corrected chi connectivity index (χ3v) is 6.61. The molecule has 3 aromatic heterocycles. The maximum Gasteiger partial charge on any atom is 0.435 e. The fourth-order valence-corrected chi connectivity index (χ4v) is 4.51. The van der Waals surface area contributed by atoms with E-state index in [1.165, 1.54) is 30.8 Å². The summed E-state index contributed by atoms with van der Waals surface area (Å²) in [7, 11) is -2.38. The summed E-state index contributed by atoms with van der Waals surface area (Å²) in [4.78, 5) is 8.28. The molecule has 0 amide bonds. The van der Waals surface area contributed by atoms with Crippen molar-refractivity contribution in [2.24, 2.45) is 7.05 Å². The van der Waals surface area contributed by atoms with Crippen molar-refractivity contribution in [1.29, 1.82) is 5.26 Å². The Bertz CT molecular complexity index is 1500. The van der Waals surface area contributed by atoms with Crippen molar-refractivity contribution in [2.75, 3.05) is 5.75 Å². The van der Waals surface area contributed by atoms with E-state index in [-0.39, 0.29) is 44.3 Å². The van der Waals surface area contributed by atoms with Crippen molar-refractivity contribution in [3.8, 4) is 17.6 Å². The van der Waals surface area contributed by atoms with Gasteiger partial charge in [-0.3, -0.25) is 4.98 Å². The number of aromatic nitrogens is 5. The Balaban J connectivity index is 2.09. The van der Waals surface area contributed by atoms with Gasteiger partial charge in [0.05, 0.1) is 17.4 Å². The van der Waals surface area contributed by atoms with Crippen LogP contribution in [0, 0.1) is 11.3 Å². The topological polar surface area (TPSA) is 114 Å².